The van der Waals surface area contributed by atoms with Crippen molar-refractivity contribution in [3.8, 4) is 11.3 Å². The molecule has 2 aromatic rings. The van der Waals surface area contributed by atoms with Gasteiger partial charge in [0.15, 0.2) is 0 Å². The molecular weight excluding hydrogens is 304 g/mol. The standard InChI is InChI=1S/C16H19ClN2O3/c1-16(2,7-8-20)10-18-15(21)13-9-22-19-14(13)11-3-5-12(17)6-4-11/h3-6,9,20H,7-8,10H2,1-2H3,(H,18,21). The van der Waals surface area contributed by atoms with E-state index in [0.29, 0.717) is 29.2 Å². The Morgan fingerprint density at radius 3 is 2.68 bits per heavy atom. The number of nitrogens with zero attached hydrogens (tertiary/aromatic N) is 1. The molecule has 0 aliphatic heterocycles. The van der Waals surface area contributed by atoms with Gasteiger partial charge in [-0.2, -0.15) is 0 Å². The molecule has 1 heterocycles. The van der Waals surface area contributed by atoms with E-state index in [4.69, 9.17) is 21.2 Å². The molecule has 2 rings (SSSR count). The summed E-state index contributed by atoms with van der Waals surface area (Å²) in [6.45, 7) is 4.51. The van der Waals surface area contributed by atoms with Crippen LogP contribution in [0.25, 0.3) is 11.3 Å². The molecule has 1 amide bonds. The summed E-state index contributed by atoms with van der Waals surface area (Å²) in [5.74, 6) is -0.253. The van der Waals surface area contributed by atoms with Gasteiger partial charge in [-0.05, 0) is 24.0 Å². The van der Waals surface area contributed by atoms with Gasteiger partial charge in [0.1, 0.15) is 17.5 Å². The predicted octanol–water partition coefficient (Wildman–Crippen LogP) is 3.13. The minimum Gasteiger partial charge on any atom is -0.396 e. The second-order valence-corrected chi connectivity index (χ2v) is 6.34. The number of carbonyl (C=O) groups excluding carboxylic acids is 1. The van der Waals surface area contributed by atoms with E-state index in [9.17, 15) is 4.79 Å². The van der Waals surface area contributed by atoms with E-state index in [-0.39, 0.29) is 17.9 Å². The molecule has 0 aliphatic rings. The highest BCUT2D eigenvalue weighted by molar-refractivity contribution is 6.30. The number of carbonyl (C=O) groups is 1. The summed E-state index contributed by atoms with van der Waals surface area (Å²) in [4.78, 5) is 12.3. The Labute approximate surface area is 134 Å². The van der Waals surface area contributed by atoms with Gasteiger partial charge < -0.3 is 14.9 Å². The number of hydrogen-bond acceptors (Lipinski definition) is 4. The highest BCUT2D eigenvalue weighted by Crippen LogP contribution is 2.24. The van der Waals surface area contributed by atoms with Crippen molar-refractivity contribution in [2.24, 2.45) is 5.41 Å². The van der Waals surface area contributed by atoms with Crippen molar-refractivity contribution in [2.75, 3.05) is 13.2 Å². The number of nitrogens with one attached hydrogen (secondary N) is 1. The van der Waals surface area contributed by atoms with Gasteiger partial charge >= 0.3 is 0 Å². The van der Waals surface area contributed by atoms with E-state index in [1.54, 1.807) is 24.3 Å². The van der Waals surface area contributed by atoms with Crippen LogP contribution in [-0.4, -0.2) is 29.3 Å². The summed E-state index contributed by atoms with van der Waals surface area (Å²) in [6.07, 6.45) is 1.94. The molecule has 0 saturated carbocycles. The third-order valence-corrected chi connectivity index (χ3v) is 3.70. The molecule has 0 bridgehead atoms. The lowest BCUT2D eigenvalue weighted by Gasteiger charge is -2.23. The number of aromatic nitrogens is 1. The number of hydrogen-bond donors (Lipinski definition) is 2. The molecule has 0 unspecified atom stereocenters. The fourth-order valence-electron chi connectivity index (χ4n) is 2.02. The molecule has 0 aliphatic carbocycles. The maximum atomic E-state index is 12.3. The fourth-order valence-corrected chi connectivity index (χ4v) is 2.15. The number of halogens is 1. The van der Waals surface area contributed by atoms with Crippen LogP contribution in [0.3, 0.4) is 0 Å². The first kappa shape index (κ1) is 16.5. The van der Waals surface area contributed by atoms with Crippen LogP contribution in [0.4, 0.5) is 0 Å². The average Bonchev–Trinajstić information content (AvgIpc) is 2.95. The molecule has 0 radical (unpaired) electrons. The first-order valence-electron chi connectivity index (χ1n) is 7.02. The third-order valence-electron chi connectivity index (χ3n) is 3.45. The second kappa shape index (κ2) is 6.94. The Morgan fingerprint density at radius 2 is 2.05 bits per heavy atom. The van der Waals surface area contributed by atoms with Crippen molar-refractivity contribution in [1.82, 2.24) is 10.5 Å². The number of rotatable bonds is 6. The molecule has 1 aromatic carbocycles. The maximum absolute atomic E-state index is 12.3. The number of amides is 1. The van der Waals surface area contributed by atoms with Gasteiger partial charge in [-0.1, -0.05) is 42.7 Å². The SMILES string of the molecule is CC(C)(CCO)CNC(=O)c1conc1-c1ccc(Cl)cc1. The van der Waals surface area contributed by atoms with Crippen molar-refractivity contribution >= 4 is 17.5 Å². The first-order chi connectivity index (χ1) is 10.4. The van der Waals surface area contributed by atoms with Crippen LogP contribution < -0.4 is 5.32 Å². The van der Waals surface area contributed by atoms with Crippen molar-refractivity contribution in [3.63, 3.8) is 0 Å². The second-order valence-electron chi connectivity index (χ2n) is 5.90. The lowest BCUT2D eigenvalue weighted by molar-refractivity contribution is 0.0928. The summed E-state index contributed by atoms with van der Waals surface area (Å²) in [5.41, 5.74) is 1.44. The van der Waals surface area contributed by atoms with Gasteiger partial charge in [0, 0.05) is 23.7 Å². The summed E-state index contributed by atoms with van der Waals surface area (Å²) >= 11 is 5.86. The lowest BCUT2D eigenvalue weighted by atomic mass is 9.89. The zero-order valence-electron chi connectivity index (χ0n) is 12.6. The summed E-state index contributed by atoms with van der Waals surface area (Å²) < 4.78 is 4.95. The van der Waals surface area contributed by atoms with Crippen LogP contribution in [-0.2, 0) is 0 Å². The first-order valence-corrected chi connectivity index (χ1v) is 7.40. The Balaban J connectivity index is 2.12. The molecule has 5 nitrogen and oxygen atoms in total. The van der Waals surface area contributed by atoms with Crippen molar-refractivity contribution in [2.45, 2.75) is 20.3 Å². The quantitative estimate of drug-likeness (QED) is 0.856. The Hall–Kier alpha value is -1.85. The van der Waals surface area contributed by atoms with Crippen LogP contribution >= 0.6 is 11.6 Å². The van der Waals surface area contributed by atoms with Gasteiger partial charge in [-0.3, -0.25) is 4.79 Å². The largest absolute Gasteiger partial charge is 0.396 e. The van der Waals surface area contributed by atoms with Gasteiger partial charge in [0.2, 0.25) is 0 Å². The van der Waals surface area contributed by atoms with Crippen molar-refractivity contribution in [1.29, 1.82) is 0 Å². The monoisotopic (exact) mass is 322 g/mol. The van der Waals surface area contributed by atoms with E-state index < -0.39 is 0 Å². The van der Waals surface area contributed by atoms with Crippen LogP contribution in [0.5, 0.6) is 0 Å². The minimum atomic E-state index is -0.253. The Kier molecular flexibility index (Phi) is 5.21. The van der Waals surface area contributed by atoms with Crippen molar-refractivity contribution < 1.29 is 14.4 Å². The van der Waals surface area contributed by atoms with E-state index in [1.807, 2.05) is 13.8 Å². The highest BCUT2D eigenvalue weighted by atomic mass is 35.5. The molecule has 118 valence electrons. The van der Waals surface area contributed by atoms with Gasteiger partial charge in [0.25, 0.3) is 5.91 Å². The summed E-state index contributed by atoms with van der Waals surface area (Å²) in [6, 6.07) is 7.04. The van der Waals surface area contributed by atoms with E-state index in [1.165, 1.54) is 6.26 Å². The van der Waals surface area contributed by atoms with Crippen LogP contribution in [0.2, 0.25) is 5.02 Å². The minimum absolute atomic E-state index is 0.0894. The molecular formula is C16H19ClN2O3. The summed E-state index contributed by atoms with van der Waals surface area (Å²) in [5, 5.41) is 16.4. The molecule has 22 heavy (non-hydrogen) atoms. The Bertz CT molecular complexity index is 635. The summed E-state index contributed by atoms with van der Waals surface area (Å²) in [7, 11) is 0. The lowest BCUT2D eigenvalue weighted by Crippen LogP contribution is -2.34. The van der Waals surface area contributed by atoms with Crippen LogP contribution in [0.1, 0.15) is 30.6 Å². The normalized spacial score (nSPS) is 11.5. The van der Waals surface area contributed by atoms with E-state index >= 15 is 0 Å². The number of benzene rings is 1. The molecule has 0 saturated heterocycles. The van der Waals surface area contributed by atoms with E-state index in [0.717, 1.165) is 5.56 Å². The number of aliphatic hydroxyl groups excluding tert-OH is 1. The average molecular weight is 323 g/mol. The molecule has 0 fully saturated rings. The topological polar surface area (TPSA) is 75.4 Å². The highest BCUT2D eigenvalue weighted by Gasteiger charge is 2.21. The van der Waals surface area contributed by atoms with Crippen LogP contribution in [0.15, 0.2) is 35.1 Å². The zero-order chi connectivity index (χ0) is 16.2. The van der Waals surface area contributed by atoms with Crippen LogP contribution in [0, 0.1) is 5.41 Å². The molecule has 6 heteroatoms. The Morgan fingerprint density at radius 1 is 1.36 bits per heavy atom. The number of aliphatic hydroxyl groups is 1. The zero-order valence-corrected chi connectivity index (χ0v) is 13.4. The molecule has 0 atom stereocenters. The van der Waals surface area contributed by atoms with Gasteiger partial charge in [-0.15, -0.1) is 0 Å². The van der Waals surface area contributed by atoms with Gasteiger partial charge in [-0.25, -0.2) is 0 Å². The molecule has 2 N–H and O–H groups in total. The van der Waals surface area contributed by atoms with Gasteiger partial charge in [0.05, 0.1) is 0 Å². The van der Waals surface area contributed by atoms with Crippen molar-refractivity contribution in [3.05, 3.63) is 41.1 Å². The molecule has 1 aromatic heterocycles. The third kappa shape index (κ3) is 4.08. The smallest absolute Gasteiger partial charge is 0.256 e. The maximum Gasteiger partial charge on any atom is 0.256 e. The molecule has 0 spiro atoms. The van der Waals surface area contributed by atoms with E-state index in [2.05, 4.69) is 10.5 Å². The predicted molar refractivity (Wildman–Crippen MR) is 84.8 cm³/mol. The fraction of sp³-hybridized carbons (Fsp3) is 0.375.